The first-order valence-electron chi connectivity index (χ1n) is 12.4. The predicted octanol–water partition coefficient (Wildman–Crippen LogP) is 4.40. The Kier molecular flexibility index (Phi) is 6.99. The van der Waals surface area contributed by atoms with Crippen molar-refractivity contribution < 1.29 is 19.1 Å². The number of nitrogens with zero attached hydrogens (tertiary/aromatic N) is 2. The molecule has 0 bridgehead atoms. The van der Waals surface area contributed by atoms with Crippen LogP contribution in [0.25, 0.3) is 11.0 Å². The van der Waals surface area contributed by atoms with Gasteiger partial charge in [0.05, 0.1) is 37.2 Å². The van der Waals surface area contributed by atoms with Crippen LogP contribution in [0.15, 0.2) is 42.6 Å². The van der Waals surface area contributed by atoms with E-state index in [9.17, 15) is 9.59 Å². The summed E-state index contributed by atoms with van der Waals surface area (Å²) in [5.41, 5.74) is 3.58. The molecule has 2 aliphatic rings. The van der Waals surface area contributed by atoms with Crippen LogP contribution < -0.4 is 10.6 Å². The minimum absolute atomic E-state index is 0.145. The van der Waals surface area contributed by atoms with Crippen LogP contribution >= 0.6 is 0 Å². The van der Waals surface area contributed by atoms with Crippen molar-refractivity contribution in [2.45, 2.75) is 51.1 Å². The second-order valence-corrected chi connectivity index (χ2v) is 9.37. The van der Waals surface area contributed by atoms with Gasteiger partial charge >= 0.3 is 5.97 Å². The maximum Gasteiger partial charge on any atom is 0.356 e. The molecule has 2 N–H and O–H groups in total. The van der Waals surface area contributed by atoms with E-state index in [2.05, 4.69) is 22.8 Å². The van der Waals surface area contributed by atoms with Crippen LogP contribution in [-0.4, -0.2) is 47.8 Å². The van der Waals surface area contributed by atoms with E-state index < -0.39 is 5.97 Å². The van der Waals surface area contributed by atoms with Crippen molar-refractivity contribution in [2.75, 3.05) is 31.0 Å². The van der Waals surface area contributed by atoms with Crippen LogP contribution in [-0.2, 0) is 27.2 Å². The third-order valence-electron chi connectivity index (χ3n) is 6.99. The van der Waals surface area contributed by atoms with Crippen molar-refractivity contribution in [3.05, 3.63) is 53.9 Å². The number of anilines is 2. The fraction of sp³-hybridized carbons (Fsp3) is 0.444. The standard InChI is InChI=1S/C27H32N4O4/c1-34-27(33)24-23(30-26(32)19-12-14-35-17-19)22-15-21(29-20-10-5-11-20)16-28-25(22)31(24)13-6-9-18-7-3-2-4-8-18/h2-4,7-8,15-16,19-20,29H,5-6,9-14,17H2,1H3,(H,30,32). The number of pyridine rings is 1. The number of fused-ring (bicyclic) bond motifs is 1. The number of nitrogens with one attached hydrogen (secondary N) is 2. The van der Waals surface area contributed by atoms with Crippen LogP contribution in [0.2, 0.25) is 0 Å². The number of hydrogen-bond acceptors (Lipinski definition) is 6. The lowest BCUT2D eigenvalue weighted by atomic mass is 9.93. The smallest absolute Gasteiger partial charge is 0.356 e. The third kappa shape index (κ3) is 5.03. The van der Waals surface area contributed by atoms with E-state index in [1.54, 1.807) is 0 Å². The predicted molar refractivity (Wildman–Crippen MR) is 135 cm³/mol. The molecule has 2 aromatic heterocycles. The van der Waals surface area contributed by atoms with Crippen LogP contribution in [0, 0.1) is 5.92 Å². The molecule has 184 valence electrons. The van der Waals surface area contributed by atoms with E-state index >= 15 is 0 Å². The highest BCUT2D eigenvalue weighted by Gasteiger charge is 2.30. The number of carbonyl (C=O) groups excluding carboxylic acids is 2. The fourth-order valence-electron chi connectivity index (χ4n) is 4.80. The Labute approximate surface area is 205 Å². The molecule has 1 unspecified atom stereocenters. The minimum atomic E-state index is -0.491. The molecule has 2 fully saturated rings. The first-order chi connectivity index (χ1) is 17.1. The Morgan fingerprint density at radius 2 is 2.03 bits per heavy atom. The Morgan fingerprint density at radius 1 is 1.20 bits per heavy atom. The topological polar surface area (TPSA) is 94.5 Å². The van der Waals surface area contributed by atoms with Gasteiger partial charge in [0.25, 0.3) is 0 Å². The number of aromatic nitrogens is 2. The largest absolute Gasteiger partial charge is 0.464 e. The summed E-state index contributed by atoms with van der Waals surface area (Å²) in [6.45, 7) is 1.53. The van der Waals surface area contributed by atoms with Gasteiger partial charge in [0, 0.05) is 24.6 Å². The van der Waals surface area contributed by atoms with Gasteiger partial charge in [-0.25, -0.2) is 9.78 Å². The summed E-state index contributed by atoms with van der Waals surface area (Å²) >= 11 is 0. The number of aryl methyl sites for hydroxylation is 2. The second kappa shape index (κ2) is 10.5. The summed E-state index contributed by atoms with van der Waals surface area (Å²) in [7, 11) is 1.36. The molecule has 0 spiro atoms. The Bertz CT molecular complexity index is 1200. The molecule has 1 aromatic carbocycles. The van der Waals surface area contributed by atoms with E-state index in [-0.39, 0.29) is 11.8 Å². The summed E-state index contributed by atoms with van der Waals surface area (Å²) in [5, 5.41) is 7.30. The van der Waals surface area contributed by atoms with Crippen molar-refractivity contribution in [1.29, 1.82) is 0 Å². The molecule has 5 rings (SSSR count). The highest BCUT2D eigenvalue weighted by molar-refractivity contribution is 6.11. The van der Waals surface area contributed by atoms with Gasteiger partial charge < -0.3 is 24.7 Å². The van der Waals surface area contributed by atoms with Crippen LogP contribution in [0.1, 0.15) is 48.2 Å². The quantitative estimate of drug-likeness (QED) is 0.445. The first-order valence-corrected chi connectivity index (χ1v) is 12.4. The highest BCUT2D eigenvalue weighted by Crippen LogP contribution is 2.34. The summed E-state index contributed by atoms with van der Waals surface area (Å²) in [6, 6.07) is 12.7. The maximum atomic E-state index is 13.1. The van der Waals surface area contributed by atoms with Gasteiger partial charge in [-0.05, 0) is 50.2 Å². The van der Waals surface area contributed by atoms with Gasteiger partial charge in [-0.1, -0.05) is 30.3 Å². The molecule has 8 nitrogen and oxygen atoms in total. The van der Waals surface area contributed by atoms with Crippen molar-refractivity contribution >= 4 is 34.3 Å². The molecule has 35 heavy (non-hydrogen) atoms. The molecule has 1 aliphatic carbocycles. The fourth-order valence-corrected chi connectivity index (χ4v) is 4.80. The molecule has 1 saturated carbocycles. The van der Waals surface area contributed by atoms with Gasteiger partial charge in [-0.3, -0.25) is 4.79 Å². The monoisotopic (exact) mass is 476 g/mol. The SMILES string of the molecule is COC(=O)c1c(NC(=O)C2CCOC2)c2cc(NC3CCC3)cnc2n1CCCc1ccccc1. The minimum Gasteiger partial charge on any atom is -0.464 e. The summed E-state index contributed by atoms with van der Waals surface area (Å²) < 4.78 is 12.5. The lowest BCUT2D eigenvalue weighted by Crippen LogP contribution is -2.27. The number of benzene rings is 1. The van der Waals surface area contributed by atoms with E-state index in [1.807, 2.05) is 35.0 Å². The normalized spacial score (nSPS) is 17.8. The molecular formula is C27H32N4O4. The van der Waals surface area contributed by atoms with Gasteiger partial charge in [0.2, 0.25) is 5.91 Å². The molecule has 1 amide bonds. The zero-order valence-corrected chi connectivity index (χ0v) is 20.1. The number of ether oxygens (including phenoxy) is 2. The maximum absolute atomic E-state index is 13.1. The van der Waals surface area contributed by atoms with Gasteiger partial charge in [-0.15, -0.1) is 0 Å². The first kappa shape index (κ1) is 23.4. The number of carbonyl (C=O) groups is 2. The summed E-state index contributed by atoms with van der Waals surface area (Å²) in [6.07, 6.45) is 7.65. The van der Waals surface area contributed by atoms with E-state index in [1.165, 1.54) is 19.1 Å². The van der Waals surface area contributed by atoms with E-state index in [4.69, 9.17) is 14.5 Å². The summed E-state index contributed by atoms with van der Waals surface area (Å²) in [4.78, 5) is 30.8. The number of amides is 1. The van der Waals surface area contributed by atoms with Gasteiger partial charge in [0.1, 0.15) is 5.65 Å². The Hall–Kier alpha value is -3.39. The number of rotatable bonds is 9. The van der Waals surface area contributed by atoms with Gasteiger partial charge in [0.15, 0.2) is 5.69 Å². The third-order valence-corrected chi connectivity index (χ3v) is 6.99. The average molecular weight is 477 g/mol. The van der Waals surface area contributed by atoms with E-state index in [0.29, 0.717) is 49.2 Å². The highest BCUT2D eigenvalue weighted by atomic mass is 16.5. The van der Waals surface area contributed by atoms with Crippen molar-refractivity contribution in [1.82, 2.24) is 9.55 Å². The zero-order chi connectivity index (χ0) is 24.2. The number of methoxy groups -OCH3 is 1. The van der Waals surface area contributed by atoms with Gasteiger partial charge in [-0.2, -0.15) is 0 Å². The van der Waals surface area contributed by atoms with Crippen LogP contribution in [0.5, 0.6) is 0 Å². The molecule has 0 radical (unpaired) electrons. The molecule has 3 heterocycles. The molecule has 1 atom stereocenters. The molecule has 3 aromatic rings. The molecule has 8 heteroatoms. The van der Waals surface area contributed by atoms with Crippen molar-refractivity contribution in [3.8, 4) is 0 Å². The summed E-state index contributed by atoms with van der Waals surface area (Å²) in [5.74, 6) is -0.872. The number of hydrogen-bond donors (Lipinski definition) is 2. The molecular weight excluding hydrogens is 444 g/mol. The molecule has 1 saturated heterocycles. The number of esters is 1. The average Bonchev–Trinajstić information content (AvgIpc) is 3.49. The molecule has 1 aliphatic heterocycles. The zero-order valence-electron chi connectivity index (χ0n) is 20.1. The lowest BCUT2D eigenvalue weighted by Gasteiger charge is -2.27. The van der Waals surface area contributed by atoms with Crippen LogP contribution in [0.4, 0.5) is 11.4 Å². The van der Waals surface area contributed by atoms with Crippen molar-refractivity contribution in [3.63, 3.8) is 0 Å². The second-order valence-electron chi connectivity index (χ2n) is 9.37. The Morgan fingerprint density at radius 3 is 2.71 bits per heavy atom. The van der Waals surface area contributed by atoms with Crippen LogP contribution in [0.3, 0.4) is 0 Å². The van der Waals surface area contributed by atoms with Crippen molar-refractivity contribution in [2.24, 2.45) is 5.92 Å². The lowest BCUT2D eigenvalue weighted by molar-refractivity contribution is -0.119. The Balaban J connectivity index is 1.51. The van der Waals surface area contributed by atoms with E-state index in [0.717, 1.165) is 36.8 Å².